The first-order chi connectivity index (χ1) is 9.54. The van der Waals surface area contributed by atoms with Gasteiger partial charge in [-0.1, -0.05) is 18.2 Å². The lowest BCUT2D eigenvalue weighted by atomic mass is 10.1. The van der Waals surface area contributed by atoms with Gasteiger partial charge in [-0.15, -0.1) is 0 Å². The summed E-state index contributed by atoms with van der Waals surface area (Å²) < 4.78 is 5.28. The molecule has 112 valence electrons. The van der Waals surface area contributed by atoms with Gasteiger partial charge in [-0.05, 0) is 38.9 Å². The summed E-state index contributed by atoms with van der Waals surface area (Å²) in [5.74, 6) is 0.938. The molecule has 0 saturated heterocycles. The first-order valence-electron chi connectivity index (χ1n) is 7.13. The predicted octanol–water partition coefficient (Wildman–Crippen LogP) is 2.08. The molecule has 1 aromatic carbocycles. The molecule has 0 heterocycles. The second-order valence-corrected chi connectivity index (χ2v) is 5.24. The van der Waals surface area contributed by atoms with Gasteiger partial charge in [-0.25, -0.2) is 0 Å². The number of aryl methyl sites for hydroxylation is 1. The Kier molecular flexibility index (Phi) is 7.09. The zero-order valence-corrected chi connectivity index (χ0v) is 13.0. The maximum absolute atomic E-state index is 11.8. The highest BCUT2D eigenvalue weighted by Gasteiger charge is 2.07. The molecule has 0 fully saturated rings. The first-order valence-corrected chi connectivity index (χ1v) is 7.13. The van der Waals surface area contributed by atoms with E-state index in [2.05, 4.69) is 31.1 Å². The second kappa shape index (κ2) is 8.59. The topological polar surface area (TPSA) is 41.6 Å². The summed E-state index contributed by atoms with van der Waals surface area (Å²) in [4.78, 5) is 14.0. The van der Waals surface area contributed by atoms with Crippen LogP contribution >= 0.6 is 0 Å². The molecule has 4 heteroatoms. The van der Waals surface area contributed by atoms with Crippen molar-refractivity contribution in [2.45, 2.75) is 32.7 Å². The van der Waals surface area contributed by atoms with Crippen LogP contribution in [0.1, 0.15) is 25.8 Å². The fourth-order valence-electron chi connectivity index (χ4n) is 1.88. The van der Waals surface area contributed by atoms with Crippen molar-refractivity contribution in [3.05, 3.63) is 29.8 Å². The highest BCUT2D eigenvalue weighted by Crippen LogP contribution is 2.18. The van der Waals surface area contributed by atoms with Crippen LogP contribution < -0.4 is 10.1 Å². The van der Waals surface area contributed by atoms with E-state index in [-0.39, 0.29) is 5.91 Å². The summed E-state index contributed by atoms with van der Waals surface area (Å²) in [6.07, 6.45) is 1.20. The number of benzene rings is 1. The van der Waals surface area contributed by atoms with Gasteiger partial charge >= 0.3 is 0 Å². The van der Waals surface area contributed by atoms with Gasteiger partial charge in [-0.2, -0.15) is 0 Å². The third-order valence-electron chi connectivity index (χ3n) is 3.48. The van der Waals surface area contributed by atoms with E-state index in [1.165, 1.54) is 0 Å². The average molecular weight is 278 g/mol. The van der Waals surface area contributed by atoms with Crippen molar-refractivity contribution in [1.82, 2.24) is 10.2 Å². The Morgan fingerprint density at radius 2 is 2.05 bits per heavy atom. The molecule has 0 spiro atoms. The minimum Gasteiger partial charge on any atom is -0.496 e. The van der Waals surface area contributed by atoms with Crippen LogP contribution in [0.2, 0.25) is 0 Å². The molecule has 0 aliphatic heterocycles. The van der Waals surface area contributed by atoms with Gasteiger partial charge in [-0.3, -0.25) is 4.79 Å². The highest BCUT2D eigenvalue weighted by molar-refractivity contribution is 5.76. The lowest BCUT2D eigenvalue weighted by molar-refractivity contribution is -0.121. The first kappa shape index (κ1) is 16.5. The normalized spacial score (nSPS) is 10.9. The highest BCUT2D eigenvalue weighted by atomic mass is 16.5. The van der Waals surface area contributed by atoms with Crippen LogP contribution in [0, 0.1) is 0 Å². The van der Waals surface area contributed by atoms with Crippen LogP contribution in [-0.4, -0.2) is 44.1 Å². The largest absolute Gasteiger partial charge is 0.496 e. The SMILES string of the molecule is COc1ccccc1CCC(=O)NCCN(C)C(C)C. The Morgan fingerprint density at radius 3 is 2.70 bits per heavy atom. The molecular weight excluding hydrogens is 252 g/mol. The van der Waals surface area contributed by atoms with Gasteiger partial charge < -0.3 is 15.0 Å². The van der Waals surface area contributed by atoms with Crippen LogP contribution in [0.25, 0.3) is 0 Å². The number of methoxy groups -OCH3 is 1. The Balaban J connectivity index is 2.29. The Labute approximate surface area is 122 Å². The molecule has 0 aliphatic rings. The predicted molar refractivity (Wildman–Crippen MR) is 82.1 cm³/mol. The summed E-state index contributed by atoms with van der Waals surface area (Å²) in [6, 6.07) is 8.32. The van der Waals surface area contributed by atoms with Crippen LogP contribution in [0.3, 0.4) is 0 Å². The second-order valence-electron chi connectivity index (χ2n) is 5.24. The monoisotopic (exact) mass is 278 g/mol. The van der Waals surface area contributed by atoms with Crippen molar-refractivity contribution in [1.29, 1.82) is 0 Å². The number of rotatable bonds is 8. The van der Waals surface area contributed by atoms with Crippen molar-refractivity contribution in [2.75, 3.05) is 27.2 Å². The molecule has 0 saturated carbocycles. The fourth-order valence-corrected chi connectivity index (χ4v) is 1.88. The molecule has 1 aromatic rings. The van der Waals surface area contributed by atoms with Crippen LogP contribution in [-0.2, 0) is 11.2 Å². The van der Waals surface area contributed by atoms with Gasteiger partial charge in [0.15, 0.2) is 0 Å². The Morgan fingerprint density at radius 1 is 1.35 bits per heavy atom. The molecule has 0 aromatic heterocycles. The van der Waals surface area contributed by atoms with Gasteiger partial charge in [0.25, 0.3) is 0 Å². The van der Waals surface area contributed by atoms with Crippen molar-refractivity contribution in [3.63, 3.8) is 0 Å². The Hall–Kier alpha value is -1.55. The molecule has 1 amide bonds. The smallest absolute Gasteiger partial charge is 0.220 e. The summed E-state index contributed by atoms with van der Waals surface area (Å²) in [5, 5.41) is 2.95. The van der Waals surface area contributed by atoms with Crippen molar-refractivity contribution in [3.8, 4) is 5.75 Å². The lowest BCUT2D eigenvalue weighted by Gasteiger charge is -2.20. The minimum atomic E-state index is 0.0908. The van der Waals surface area contributed by atoms with E-state index in [4.69, 9.17) is 4.74 Å². The summed E-state index contributed by atoms with van der Waals surface area (Å²) in [6.45, 7) is 5.85. The molecule has 4 nitrogen and oxygen atoms in total. The number of para-hydroxylation sites is 1. The van der Waals surface area contributed by atoms with E-state index >= 15 is 0 Å². The number of nitrogens with one attached hydrogen (secondary N) is 1. The van der Waals surface area contributed by atoms with Crippen molar-refractivity contribution < 1.29 is 9.53 Å². The van der Waals surface area contributed by atoms with Gasteiger partial charge in [0.1, 0.15) is 5.75 Å². The van der Waals surface area contributed by atoms with Crippen LogP contribution in [0.15, 0.2) is 24.3 Å². The minimum absolute atomic E-state index is 0.0908. The third-order valence-corrected chi connectivity index (χ3v) is 3.48. The fraction of sp³-hybridized carbons (Fsp3) is 0.562. The summed E-state index contributed by atoms with van der Waals surface area (Å²) >= 11 is 0. The number of likely N-dealkylation sites (N-methyl/N-ethyl adjacent to an activating group) is 1. The molecular formula is C16H26N2O2. The molecule has 0 aliphatic carbocycles. The van der Waals surface area contributed by atoms with E-state index in [0.717, 1.165) is 17.9 Å². The van der Waals surface area contributed by atoms with Crippen LogP contribution in [0.5, 0.6) is 5.75 Å². The van der Waals surface area contributed by atoms with Gasteiger partial charge in [0.2, 0.25) is 5.91 Å². The maximum atomic E-state index is 11.8. The quantitative estimate of drug-likeness (QED) is 0.791. The van der Waals surface area contributed by atoms with E-state index in [1.54, 1.807) is 7.11 Å². The number of carbonyl (C=O) groups is 1. The maximum Gasteiger partial charge on any atom is 0.220 e. The summed E-state index contributed by atoms with van der Waals surface area (Å²) in [7, 11) is 3.71. The van der Waals surface area contributed by atoms with E-state index < -0.39 is 0 Å². The Bertz CT molecular complexity index is 419. The van der Waals surface area contributed by atoms with E-state index in [0.29, 0.717) is 25.4 Å². The molecule has 20 heavy (non-hydrogen) atoms. The summed E-state index contributed by atoms with van der Waals surface area (Å²) in [5.41, 5.74) is 1.07. The zero-order chi connectivity index (χ0) is 15.0. The number of carbonyl (C=O) groups excluding carboxylic acids is 1. The van der Waals surface area contributed by atoms with Gasteiger partial charge in [0.05, 0.1) is 7.11 Å². The van der Waals surface area contributed by atoms with Crippen LogP contribution in [0.4, 0.5) is 0 Å². The number of hydrogen-bond donors (Lipinski definition) is 1. The molecule has 1 N–H and O–H groups in total. The van der Waals surface area contributed by atoms with Crippen molar-refractivity contribution in [2.24, 2.45) is 0 Å². The van der Waals surface area contributed by atoms with E-state index in [9.17, 15) is 4.79 Å². The molecule has 0 bridgehead atoms. The third kappa shape index (κ3) is 5.61. The molecule has 0 atom stereocenters. The standard InChI is InChI=1S/C16H26N2O2/c1-13(2)18(3)12-11-17-16(19)10-9-14-7-5-6-8-15(14)20-4/h5-8,13H,9-12H2,1-4H3,(H,17,19). The number of ether oxygens (including phenoxy) is 1. The average Bonchev–Trinajstić information content (AvgIpc) is 2.45. The van der Waals surface area contributed by atoms with E-state index in [1.807, 2.05) is 24.3 Å². The van der Waals surface area contributed by atoms with Gasteiger partial charge in [0, 0.05) is 25.6 Å². The van der Waals surface area contributed by atoms with Crippen molar-refractivity contribution >= 4 is 5.91 Å². The molecule has 0 unspecified atom stereocenters. The molecule has 1 rings (SSSR count). The zero-order valence-electron chi connectivity index (χ0n) is 13.0. The lowest BCUT2D eigenvalue weighted by Crippen LogP contribution is -2.36. The number of nitrogens with zero attached hydrogens (tertiary/aromatic N) is 1. The molecule has 0 radical (unpaired) electrons. The number of amides is 1. The number of hydrogen-bond acceptors (Lipinski definition) is 3.